The van der Waals surface area contributed by atoms with Crippen LogP contribution in [0.3, 0.4) is 0 Å². The molecule has 0 N–H and O–H groups in total. The van der Waals surface area contributed by atoms with Gasteiger partial charge in [-0.15, -0.1) is 0 Å². The highest BCUT2D eigenvalue weighted by Crippen LogP contribution is 2.15. The normalized spacial score (nSPS) is 10.2. The van der Waals surface area contributed by atoms with Crippen LogP contribution in [0.4, 0.5) is 10.1 Å². The van der Waals surface area contributed by atoms with Gasteiger partial charge in [0, 0.05) is 12.7 Å². The molecule has 0 aliphatic heterocycles. The Hall–Kier alpha value is -2.01. The lowest BCUT2D eigenvalue weighted by Gasteiger charge is -2.16. The molecule has 92 valence electrons. The molecule has 0 unspecified atom stereocenters. The van der Waals surface area contributed by atoms with Crippen molar-refractivity contribution in [2.24, 2.45) is 0 Å². The molecule has 0 bridgehead atoms. The van der Waals surface area contributed by atoms with E-state index >= 15 is 0 Å². The molecule has 1 aromatic carbocycles. The highest BCUT2D eigenvalue weighted by Gasteiger charge is 2.15. The summed E-state index contributed by atoms with van der Waals surface area (Å²) in [6.45, 7) is 0. The van der Waals surface area contributed by atoms with Gasteiger partial charge in [-0.05, 0) is 24.3 Å². The minimum absolute atomic E-state index is 0.134. The first-order valence-corrected chi connectivity index (χ1v) is 5.47. The summed E-state index contributed by atoms with van der Waals surface area (Å²) in [5, 5.41) is 0.147. The van der Waals surface area contributed by atoms with Crippen molar-refractivity contribution >= 4 is 23.2 Å². The Morgan fingerprint density at radius 2 is 1.94 bits per heavy atom. The summed E-state index contributed by atoms with van der Waals surface area (Å²) in [6, 6.07) is 5.57. The van der Waals surface area contributed by atoms with E-state index in [4.69, 9.17) is 11.6 Å². The highest BCUT2D eigenvalue weighted by atomic mass is 35.5. The fourth-order valence-corrected chi connectivity index (χ4v) is 1.55. The van der Waals surface area contributed by atoms with Crippen molar-refractivity contribution in [3.05, 3.63) is 53.3 Å². The van der Waals surface area contributed by atoms with Crippen LogP contribution in [-0.4, -0.2) is 22.9 Å². The van der Waals surface area contributed by atoms with E-state index in [1.165, 1.54) is 41.6 Å². The lowest BCUT2D eigenvalue weighted by Crippen LogP contribution is -2.27. The molecule has 6 heteroatoms. The average Bonchev–Trinajstić information content (AvgIpc) is 2.38. The first-order valence-electron chi connectivity index (χ1n) is 5.09. The van der Waals surface area contributed by atoms with Crippen molar-refractivity contribution in [1.29, 1.82) is 0 Å². The minimum Gasteiger partial charge on any atom is -0.310 e. The standard InChI is InChI=1S/C12H9ClFN3O/c1-17(9-4-2-8(14)3-5-9)12(18)10-6-15-7-11(13)16-10/h2-7H,1H3. The Balaban J connectivity index is 2.26. The maximum absolute atomic E-state index is 12.8. The summed E-state index contributed by atoms with van der Waals surface area (Å²) in [6.07, 6.45) is 2.67. The van der Waals surface area contributed by atoms with Gasteiger partial charge in [0.05, 0.1) is 12.4 Å². The predicted octanol–water partition coefficient (Wildman–Crippen LogP) is 2.55. The number of carbonyl (C=O) groups excluding carboxylic acids is 1. The Morgan fingerprint density at radius 3 is 2.56 bits per heavy atom. The Kier molecular flexibility index (Phi) is 3.53. The smallest absolute Gasteiger partial charge is 0.278 e. The summed E-state index contributed by atoms with van der Waals surface area (Å²) < 4.78 is 12.8. The van der Waals surface area contributed by atoms with Gasteiger partial charge in [-0.1, -0.05) is 11.6 Å². The molecule has 0 saturated carbocycles. The van der Waals surface area contributed by atoms with Crippen molar-refractivity contribution < 1.29 is 9.18 Å². The molecule has 0 saturated heterocycles. The fraction of sp³-hybridized carbons (Fsp3) is 0.0833. The Morgan fingerprint density at radius 1 is 1.28 bits per heavy atom. The van der Waals surface area contributed by atoms with Gasteiger partial charge in [0.1, 0.15) is 16.7 Å². The van der Waals surface area contributed by atoms with Crippen LogP contribution in [0.5, 0.6) is 0 Å². The molecule has 0 spiro atoms. The van der Waals surface area contributed by atoms with Gasteiger partial charge in [0.25, 0.3) is 5.91 Å². The monoisotopic (exact) mass is 265 g/mol. The van der Waals surface area contributed by atoms with Crippen LogP contribution in [0.15, 0.2) is 36.7 Å². The molecular formula is C12H9ClFN3O. The van der Waals surface area contributed by atoms with E-state index in [0.29, 0.717) is 5.69 Å². The molecule has 4 nitrogen and oxygen atoms in total. The molecular weight excluding hydrogens is 257 g/mol. The summed E-state index contributed by atoms with van der Waals surface area (Å²) in [4.78, 5) is 21.1. The molecule has 0 atom stereocenters. The van der Waals surface area contributed by atoms with Gasteiger partial charge >= 0.3 is 0 Å². The fourth-order valence-electron chi connectivity index (χ4n) is 1.40. The SMILES string of the molecule is CN(C(=O)c1cncc(Cl)n1)c1ccc(F)cc1. The highest BCUT2D eigenvalue weighted by molar-refractivity contribution is 6.29. The molecule has 1 heterocycles. The number of anilines is 1. The Labute approximate surface area is 108 Å². The lowest BCUT2D eigenvalue weighted by molar-refractivity contribution is 0.0988. The summed E-state index contributed by atoms with van der Waals surface area (Å²) >= 11 is 5.67. The van der Waals surface area contributed by atoms with E-state index in [1.54, 1.807) is 7.05 Å². The van der Waals surface area contributed by atoms with E-state index in [2.05, 4.69) is 9.97 Å². The number of aromatic nitrogens is 2. The number of hydrogen-bond acceptors (Lipinski definition) is 3. The quantitative estimate of drug-likeness (QED) is 0.838. The van der Waals surface area contributed by atoms with Gasteiger partial charge < -0.3 is 4.90 Å². The zero-order valence-electron chi connectivity index (χ0n) is 9.47. The first kappa shape index (κ1) is 12.4. The molecule has 0 radical (unpaired) electrons. The van der Waals surface area contributed by atoms with Gasteiger partial charge in [0.15, 0.2) is 0 Å². The third kappa shape index (κ3) is 2.62. The van der Waals surface area contributed by atoms with Gasteiger partial charge in [-0.25, -0.2) is 9.37 Å². The molecule has 0 aliphatic carbocycles. The van der Waals surface area contributed by atoms with Gasteiger partial charge in [-0.3, -0.25) is 9.78 Å². The van der Waals surface area contributed by atoms with Crippen molar-refractivity contribution in [3.63, 3.8) is 0 Å². The predicted molar refractivity (Wildman–Crippen MR) is 66.2 cm³/mol. The molecule has 18 heavy (non-hydrogen) atoms. The number of nitrogens with zero attached hydrogens (tertiary/aromatic N) is 3. The average molecular weight is 266 g/mol. The molecule has 0 aliphatic rings. The van der Waals surface area contributed by atoms with Crippen LogP contribution in [0.2, 0.25) is 5.15 Å². The topological polar surface area (TPSA) is 46.1 Å². The number of carbonyl (C=O) groups is 1. The number of rotatable bonds is 2. The zero-order chi connectivity index (χ0) is 13.1. The second kappa shape index (κ2) is 5.10. The maximum atomic E-state index is 12.8. The molecule has 2 rings (SSSR count). The van der Waals surface area contributed by atoms with Crippen molar-refractivity contribution in [2.45, 2.75) is 0 Å². The third-order valence-corrected chi connectivity index (χ3v) is 2.52. The maximum Gasteiger partial charge on any atom is 0.278 e. The van der Waals surface area contributed by atoms with Crippen molar-refractivity contribution in [3.8, 4) is 0 Å². The largest absolute Gasteiger partial charge is 0.310 e. The summed E-state index contributed by atoms with van der Waals surface area (Å²) in [5.74, 6) is -0.723. The van der Waals surface area contributed by atoms with E-state index in [-0.39, 0.29) is 22.6 Å². The van der Waals surface area contributed by atoms with E-state index < -0.39 is 0 Å². The molecule has 2 aromatic rings. The lowest BCUT2D eigenvalue weighted by atomic mass is 10.2. The first-order chi connectivity index (χ1) is 8.58. The Bertz CT molecular complexity index is 574. The van der Waals surface area contributed by atoms with E-state index in [1.807, 2.05) is 0 Å². The molecule has 0 fully saturated rings. The number of benzene rings is 1. The van der Waals surface area contributed by atoms with Crippen LogP contribution in [-0.2, 0) is 0 Å². The molecule has 1 amide bonds. The number of amides is 1. The second-order valence-corrected chi connectivity index (χ2v) is 3.95. The van der Waals surface area contributed by atoms with E-state index in [9.17, 15) is 9.18 Å². The van der Waals surface area contributed by atoms with Crippen LogP contribution < -0.4 is 4.90 Å². The second-order valence-electron chi connectivity index (χ2n) is 3.57. The number of halogens is 2. The third-order valence-electron chi connectivity index (χ3n) is 2.34. The van der Waals surface area contributed by atoms with Crippen molar-refractivity contribution in [2.75, 3.05) is 11.9 Å². The summed E-state index contributed by atoms with van der Waals surface area (Å²) in [5.41, 5.74) is 0.692. The van der Waals surface area contributed by atoms with Crippen LogP contribution >= 0.6 is 11.6 Å². The van der Waals surface area contributed by atoms with Gasteiger partial charge in [0.2, 0.25) is 0 Å². The van der Waals surface area contributed by atoms with E-state index in [0.717, 1.165) is 0 Å². The number of hydrogen-bond donors (Lipinski definition) is 0. The van der Waals surface area contributed by atoms with Gasteiger partial charge in [-0.2, -0.15) is 0 Å². The minimum atomic E-state index is -0.364. The van der Waals surface area contributed by atoms with Crippen LogP contribution in [0, 0.1) is 5.82 Å². The molecule has 1 aromatic heterocycles. The summed E-state index contributed by atoms with van der Waals surface area (Å²) in [7, 11) is 1.57. The zero-order valence-corrected chi connectivity index (χ0v) is 10.2. The van der Waals surface area contributed by atoms with Crippen molar-refractivity contribution in [1.82, 2.24) is 9.97 Å². The van der Waals surface area contributed by atoms with Crippen LogP contribution in [0.25, 0.3) is 0 Å². The van der Waals surface area contributed by atoms with Crippen LogP contribution in [0.1, 0.15) is 10.5 Å².